The van der Waals surface area contributed by atoms with Gasteiger partial charge in [-0.05, 0) is 37.0 Å². The van der Waals surface area contributed by atoms with Crippen LogP contribution in [0.15, 0.2) is 12.2 Å². The van der Waals surface area contributed by atoms with E-state index in [1.165, 1.54) is 0 Å². The molecule has 0 aromatic carbocycles. The summed E-state index contributed by atoms with van der Waals surface area (Å²) in [5.41, 5.74) is -1.21. The summed E-state index contributed by atoms with van der Waals surface area (Å²) in [6.07, 6.45) is 1.84. The summed E-state index contributed by atoms with van der Waals surface area (Å²) < 4.78 is 12.2. The van der Waals surface area contributed by atoms with Crippen LogP contribution in [0.25, 0.3) is 0 Å². The Morgan fingerprint density at radius 2 is 2.00 bits per heavy atom. The number of fused-ring (bicyclic) bond motifs is 4. The van der Waals surface area contributed by atoms with Gasteiger partial charge in [0.25, 0.3) is 0 Å². The van der Waals surface area contributed by atoms with E-state index in [9.17, 15) is 14.7 Å². The second kappa shape index (κ2) is 6.34. The van der Waals surface area contributed by atoms with Gasteiger partial charge >= 0.3 is 11.9 Å². The fourth-order valence-corrected chi connectivity index (χ4v) is 6.02. The quantitative estimate of drug-likeness (QED) is 0.573. The summed E-state index contributed by atoms with van der Waals surface area (Å²) in [6, 6.07) is 0. The van der Waals surface area contributed by atoms with Gasteiger partial charge in [-0.1, -0.05) is 33.8 Å². The van der Waals surface area contributed by atoms with Gasteiger partial charge in [-0.15, -0.1) is 0 Å². The lowest BCUT2D eigenvalue weighted by Gasteiger charge is -2.54. The normalized spacial score (nSPS) is 44.0. The van der Waals surface area contributed by atoms with Crippen LogP contribution in [0, 0.1) is 29.6 Å². The molecule has 0 amide bonds. The number of carboxylic acids is 1. The second-order valence-corrected chi connectivity index (χ2v) is 8.78. The zero-order valence-electron chi connectivity index (χ0n) is 16.0. The first-order valence-corrected chi connectivity index (χ1v) is 9.51. The fraction of sp³-hybridized carbons (Fsp3) is 0.800. The van der Waals surface area contributed by atoms with Crippen LogP contribution < -0.4 is 0 Å². The van der Waals surface area contributed by atoms with Crippen LogP contribution in [-0.4, -0.2) is 46.1 Å². The number of hydrogen-bond donors (Lipinski definition) is 2. The monoisotopic (exact) mass is 366 g/mol. The Labute approximate surface area is 154 Å². The lowest BCUT2D eigenvalue weighted by Crippen LogP contribution is -2.59. The van der Waals surface area contributed by atoms with Crippen LogP contribution in [0.3, 0.4) is 0 Å². The van der Waals surface area contributed by atoms with Crippen LogP contribution in [0.1, 0.15) is 47.0 Å². The van der Waals surface area contributed by atoms with E-state index in [2.05, 4.69) is 13.5 Å². The molecule has 2 bridgehead atoms. The van der Waals surface area contributed by atoms with Crippen molar-refractivity contribution in [3.63, 3.8) is 0 Å². The molecule has 3 rings (SSSR count). The molecule has 0 spiro atoms. The molecule has 26 heavy (non-hydrogen) atoms. The highest BCUT2D eigenvalue weighted by molar-refractivity contribution is 5.87. The van der Waals surface area contributed by atoms with Gasteiger partial charge in [0.1, 0.15) is 18.3 Å². The van der Waals surface area contributed by atoms with E-state index in [1.807, 2.05) is 20.8 Å². The van der Waals surface area contributed by atoms with Crippen molar-refractivity contribution < 1.29 is 29.3 Å². The lowest BCUT2D eigenvalue weighted by atomic mass is 9.62. The summed E-state index contributed by atoms with van der Waals surface area (Å²) in [7, 11) is 0. The molecular weight excluding hydrogens is 336 g/mol. The first-order chi connectivity index (χ1) is 12.1. The van der Waals surface area contributed by atoms with Gasteiger partial charge in [0.2, 0.25) is 0 Å². The van der Waals surface area contributed by atoms with Gasteiger partial charge < -0.3 is 19.7 Å². The minimum absolute atomic E-state index is 0.0366. The van der Waals surface area contributed by atoms with Crippen molar-refractivity contribution in [3.8, 4) is 0 Å². The zero-order valence-corrected chi connectivity index (χ0v) is 16.0. The van der Waals surface area contributed by atoms with Gasteiger partial charge in [-0.3, -0.25) is 0 Å². The van der Waals surface area contributed by atoms with E-state index in [-0.39, 0.29) is 29.2 Å². The Kier molecular flexibility index (Phi) is 4.72. The lowest BCUT2D eigenvalue weighted by molar-refractivity contribution is -0.235. The number of ether oxygens (including phenoxy) is 2. The average molecular weight is 366 g/mol. The molecule has 2 aliphatic heterocycles. The van der Waals surface area contributed by atoms with Gasteiger partial charge in [-0.2, -0.15) is 0 Å². The maximum Gasteiger partial charge on any atom is 0.332 e. The van der Waals surface area contributed by atoms with Gasteiger partial charge in [0.05, 0.1) is 5.60 Å². The molecule has 0 radical (unpaired) electrons. The maximum atomic E-state index is 11.8. The molecule has 146 valence electrons. The van der Waals surface area contributed by atoms with Crippen molar-refractivity contribution in [1.29, 1.82) is 0 Å². The summed E-state index contributed by atoms with van der Waals surface area (Å²) in [4.78, 5) is 23.7. The topological polar surface area (TPSA) is 93.1 Å². The third-order valence-corrected chi connectivity index (χ3v) is 7.29. The van der Waals surface area contributed by atoms with E-state index < -0.39 is 35.9 Å². The predicted molar refractivity (Wildman–Crippen MR) is 94.3 cm³/mol. The van der Waals surface area contributed by atoms with E-state index >= 15 is 0 Å². The molecule has 0 unspecified atom stereocenters. The van der Waals surface area contributed by atoms with E-state index in [4.69, 9.17) is 14.6 Å². The molecule has 6 nitrogen and oxygen atoms in total. The van der Waals surface area contributed by atoms with Crippen LogP contribution in [0.4, 0.5) is 0 Å². The third kappa shape index (κ3) is 2.53. The number of carbonyl (C=O) groups excluding carboxylic acids is 1. The molecular formula is C20H30O6. The molecule has 3 fully saturated rings. The minimum atomic E-state index is -0.990. The van der Waals surface area contributed by atoms with Crippen LogP contribution in [0.5, 0.6) is 0 Å². The molecule has 0 aromatic heterocycles. The molecule has 7 atom stereocenters. The molecule has 1 saturated carbocycles. The second-order valence-electron chi connectivity index (χ2n) is 8.78. The average Bonchev–Trinajstić information content (AvgIpc) is 3.07. The number of rotatable bonds is 5. The Balaban J connectivity index is 2.12. The molecule has 6 heteroatoms. The Morgan fingerprint density at radius 1 is 1.35 bits per heavy atom. The molecule has 0 aromatic rings. The first kappa shape index (κ1) is 19.4. The van der Waals surface area contributed by atoms with Crippen LogP contribution in [-0.2, 0) is 19.1 Å². The van der Waals surface area contributed by atoms with E-state index in [0.717, 1.165) is 12.8 Å². The number of carboxylic acid groups (broad SMARTS) is 1. The highest BCUT2D eigenvalue weighted by atomic mass is 16.6. The SMILES string of the molecule is C=C(C(=O)O)[C@@H]1[C@@H]2[C@H](C)CC[C@H]2[C@]2(C)O[C@@]1(C(C)C)C[C@H]2OC(=O)CO. The Bertz CT molecular complexity index is 628. The van der Waals surface area contributed by atoms with Gasteiger partial charge in [-0.25, -0.2) is 9.59 Å². The molecule has 3 aliphatic rings. The predicted octanol–water partition coefficient (Wildman–Crippen LogP) is 2.40. The van der Waals surface area contributed by atoms with Crippen molar-refractivity contribution in [2.24, 2.45) is 29.6 Å². The van der Waals surface area contributed by atoms with Crippen molar-refractivity contribution in [1.82, 2.24) is 0 Å². The molecule has 2 saturated heterocycles. The highest BCUT2D eigenvalue weighted by Crippen LogP contribution is 2.66. The Morgan fingerprint density at radius 3 is 2.54 bits per heavy atom. The molecule has 2 heterocycles. The van der Waals surface area contributed by atoms with Gasteiger partial charge in [0.15, 0.2) is 0 Å². The summed E-state index contributed by atoms with van der Waals surface area (Å²) >= 11 is 0. The summed E-state index contributed by atoms with van der Waals surface area (Å²) in [5.74, 6) is -1.34. The van der Waals surface area contributed by atoms with E-state index in [1.54, 1.807) is 0 Å². The number of carbonyl (C=O) groups is 2. The highest BCUT2D eigenvalue weighted by Gasteiger charge is 2.71. The van der Waals surface area contributed by atoms with Crippen molar-refractivity contribution in [2.75, 3.05) is 6.61 Å². The van der Waals surface area contributed by atoms with Crippen molar-refractivity contribution >= 4 is 11.9 Å². The maximum absolute atomic E-state index is 11.8. The smallest absolute Gasteiger partial charge is 0.332 e. The number of hydrogen-bond acceptors (Lipinski definition) is 5. The number of esters is 1. The fourth-order valence-electron chi connectivity index (χ4n) is 6.02. The summed E-state index contributed by atoms with van der Waals surface area (Å²) in [6.45, 7) is 11.5. The van der Waals surface area contributed by atoms with Crippen LogP contribution >= 0.6 is 0 Å². The number of aliphatic carboxylic acids is 1. The first-order valence-electron chi connectivity index (χ1n) is 9.51. The number of aliphatic hydroxyl groups excluding tert-OH is 1. The molecule has 1 aliphatic carbocycles. The third-order valence-electron chi connectivity index (χ3n) is 7.29. The molecule has 2 N–H and O–H groups in total. The summed E-state index contributed by atoms with van der Waals surface area (Å²) in [5, 5.41) is 18.8. The van der Waals surface area contributed by atoms with E-state index in [0.29, 0.717) is 12.3 Å². The van der Waals surface area contributed by atoms with Crippen molar-refractivity contribution in [3.05, 3.63) is 12.2 Å². The number of aliphatic hydroxyl groups is 1. The van der Waals surface area contributed by atoms with Gasteiger partial charge in [0, 0.05) is 17.9 Å². The minimum Gasteiger partial charge on any atom is -0.478 e. The van der Waals surface area contributed by atoms with Crippen molar-refractivity contribution in [2.45, 2.75) is 64.3 Å². The largest absolute Gasteiger partial charge is 0.478 e. The Hall–Kier alpha value is -1.40. The van der Waals surface area contributed by atoms with Crippen LogP contribution in [0.2, 0.25) is 0 Å². The standard InChI is InChI=1S/C20H30O6/c1-10(2)20-8-14(25-15(22)9-21)19(5,26-20)13-7-6-11(3)16(13)17(20)12(4)18(23)24/h10-11,13-14,16-17,21H,4,6-9H2,1-3,5H3,(H,23,24)/t11-,13-,14-,16-,17-,19+,20-/m1/s1. The zero-order chi connectivity index (χ0) is 19.4.